The maximum atomic E-state index is 5.09. The van der Waals surface area contributed by atoms with E-state index in [1.165, 1.54) is 38.5 Å². The average molecular weight is 203 g/mol. The summed E-state index contributed by atoms with van der Waals surface area (Å²) in [6, 6.07) is 0. The summed E-state index contributed by atoms with van der Waals surface area (Å²) in [6.07, 6.45) is 8.04. The van der Waals surface area contributed by atoms with E-state index in [0.717, 1.165) is 6.54 Å². The van der Waals surface area contributed by atoms with Crippen LogP contribution in [-0.4, -0.2) is 27.2 Å². The molecule has 0 rings (SSSR count). The normalized spacial score (nSPS) is 10.7. The summed E-state index contributed by atoms with van der Waals surface area (Å²) in [6.45, 7) is 4.27. The van der Waals surface area contributed by atoms with Crippen molar-refractivity contribution in [1.82, 2.24) is 5.32 Å². The number of ether oxygens (including phenoxy) is 2. The third kappa shape index (κ3) is 11.9. The van der Waals surface area contributed by atoms with Gasteiger partial charge in [-0.3, -0.25) is 5.32 Å². The van der Waals surface area contributed by atoms with Gasteiger partial charge in [0.05, 0.1) is 6.73 Å². The van der Waals surface area contributed by atoms with Gasteiger partial charge in [0.2, 0.25) is 0 Å². The Hall–Kier alpha value is -0.120. The van der Waals surface area contributed by atoms with Crippen molar-refractivity contribution in [1.29, 1.82) is 0 Å². The highest BCUT2D eigenvalue weighted by atomic mass is 16.7. The van der Waals surface area contributed by atoms with E-state index in [9.17, 15) is 0 Å². The van der Waals surface area contributed by atoms with E-state index in [0.29, 0.717) is 13.5 Å². The third-order valence-corrected chi connectivity index (χ3v) is 2.11. The largest absolute Gasteiger partial charge is 0.359 e. The van der Waals surface area contributed by atoms with E-state index in [2.05, 4.69) is 12.2 Å². The van der Waals surface area contributed by atoms with Gasteiger partial charge in [-0.1, -0.05) is 39.0 Å². The Balaban J connectivity index is 2.78. The molecule has 0 heterocycles. The fourth-order valence-electron chi connectivity index (χ4n) is 1.30. The molecule has 0 unspecified atom stereocenters. The lowest BCUT2D eigenvalue weighted by atomic mass is 10.1. The smallest absolute Gasteiger partial charge is 0.148 e. The summed E-state index contributed by atoms with van der Waals surface area (Å²) in [5, 5.41) is 3.21. The minimum Gasteiger partial charge on any atom is -0.359 e. The highest BCUT2D eigenvalue weighted by molar-refractivity contribution is 4.46. The molecule has 0 aliphatic carbocycles. The summed E-state index contributed by atoms with van der Waals surface area (Å²) < 4.78 is 9.85. The van der Waals surface area contributed by atoms with Crippen molar-refractivity contribution in [2.24, 2.45) is 0 Å². The van der Waals surface area contributed by atoms with Crippen LogP contribution in [0.5, 0.6) is 0 Å². The molecule has 0 atom stereocenters. The molecule has 0 bridgehead atoms. The van der Waals surface area contributed by atoms with E-state index >= 15 is 0 Å². The van der Waals surface area contributed by atoms with Crippen molar-refractivity contribution in [3.05, 3.63) is 0 Å². The molecule has 0 saturated carbocycles. The van der Waals surface area contributed by atoms with Crippen molar-refractivity contribution < 1.29 is 9.47 Å². The predicted octanol–water partition coefficient (Wildman–Crippen LogP) is 2.51. The molecule has 3 heteroatoms. The average Bonchev–Trinajstić information content (AvgIpc) is 2.21. The highest BCUT2D eigenvalue weighted by Gasteiger charge is 1.90. The van der Waals surface area contributed by atoms with Gasteiger partial charge in [0.15, 0.2) is 0 Å². The van der Waals surface area contributed by atoms with Crippen molar-refractivity contribution in [2.75, 3.05) is 27.2 Å². The number of methoxy groups -OCH3 is 1. The van der Waals surface area contributed by atoms with Crippen molar-refractivity contribution >= 4 is 0 Å². The molecular weight excluding hydrogens is 178 g/mol. The molecule has 14 heavy (non-hydrogen) atoms. The second-order valence-electron chi connectivity index (χ2n) is 3.52. The van der Waals surface area contributed by atoms with Crippen LogP contribution >= 0.6 is 0 Å². The van der Waals surface area contributed by atoms with Crippen LogP contribution in [0.2, 0.25) is 0 Å². The molecule has 0 saturated heterocycles. The van der Waals surface area contributed by atoms with Crippen LogP contribution in [0.1, 0.15) is 45.4 Å². The standard InChI is InChI=1S/C11H25NO2/c1-3-4-5-6-7-8-9-12-10-14-11-13-2/h12H,3-11H2,1-2H3. The molecular formula is C11H25NO2. The summed E-state index contributed by atoms with van der Waals surface area (Å²) in [5.41, 5.74) is 0. The lowest BCUT2D eigenvalue weighted by Gasteiger charge is -2.05. The van der Waals surface area contributed by atoms with E-state index in [1.807, 2.05) is 0 Å². The SMILES string of the molecule is CCCCCCCCNCOCOC. The molecule has 0 spiro atoms. The zero-order valence-corrected chi connectivity index (χ0v) is 9.68. The first-order chi connectivity index (χ1) is 6.91. The van der Waals surface area contributed by atoms with Crippen molar-refractivity contribution in [2.45, 2.75) is 45.4 Å². The molecule has 0 aliphatic heterocycles. The fraction of sp³-hybridized carbons (Fsp3) is 1.00. The second kappa shape index (κ2) is 12.9. The van der Waals surface area contributed by atoms with Gasteiger partial charge < -0.3 is 9.47 Å². The summed E-state index contributed by atoms with van der Waals surface area (Å²) in [5.74, 6) is 0. The predicted molar refractivity (Wildman–Crippen MR) is 59.2 cm³/mol. The Labute approximate surface area is 88.2 Å². The minimum absolute atomic E-state index is 0.378. The van der Waals surface area contributed by atoms with Gasteiger partial charge in [0.1, 0.15) is 6.79 Å². The fourth-order valence-corrected chi connectivity index (χ4v) is 1.30. The van der Waals surface area contributed by atoms with Crippen molar-refractivity contribution in [3.63, 3.8) is 0 Å². The summed E-state index contributed by atoms with van der Waals surface area (Å²) in [7, 11) is 1.63. The van der Waals surface area contributed by atoms with E-state index in [-0.39, 0.29) is 0 Å². The molecule has 0 aromatic carbocycles. The maximum Gasteiger partial charge on any atom is 0.148 e. The molecule has 1 N–H and O–H groups in total. The van der Waals surface area contributed by atoms with E-state index < -0.39 is 0 Å². The van der Waals surface area contributed by atoms with Crippen LogP contribution in [0, 0.1) is 0 Å². The molecule has 0 fully saturated rings. The first kappa shape index (κ1) is 13.9. The molecule has 3 nitrogen and oxygen atoms in total. The maximum absolute atomic E-state index is 5.09. The van der Waals surface area contributed by atoms with Crippen LogP contribution in [0.3, 0.4) is 0 Å². The summed E-state index contributed by atoms with van der Waals surface area (Å²) in [4.78, 5) is 0. The Morgan fingerprint density at radius 1 is 1.00 bits per heavy atom. The lowest BCUT2D eigenvalue weighted by Crippen LogP contribution is -2.19. The van der Waals surface area contributed by atoms with Gasteiger partial charge in [-0.05, 0) is 13.0 Å². The number of hydrogen-bond acceptors (Lipinski definition) is 3. The quantitative estimate of drug-likeness (QED) is 0.413. The van der Waals surface area contributed by atoms with Gasteiger partial charge in [0, 0.05) is 7.11 Å². The van der Waals surface area contributed by atoms with Gasteiger partial charge in [-0.2, -0.15) is 0 Å². The first-order valence-electron chi connectivity index (χ1n) is 5.69. The van der Waals surface area contributed by atoms with Gasteiger partial charge >= 0.3 is 0 Å². The first-order valence-corrected chi connectivity index (χ1v) is 5.69. The van der Waals surface area contributed by atoms with Gasteiger partial charge in [-0.25, -0.2) is 0 Å². The van der Waals surface area contributed by atoms with Crippen LogP contribution < -0.4 is 5.32 Å². The molecule has 0 aromatic rings. The molecule has 0 aliphatic rings. The molecule has 0 amide bonds. The minimum atomic E-state index is 0.378. The van der Waals surface area contributed by atoms with Crippen LogP contribution in [-0.2, 0) is 9.47 Å². The van der Waals surface area contributed by atoms with Crippen LogP contribution in [0.4, 0.5) is 0 Å². The lowest BCUT2D eigenvalue weighted by molar-refractivity contribution is -0.0372. The van der Waals surface area contributed by atoms with Gasteiger partial charge in [0.25, 0.3) is 0 Å². The number of unbranched alkanes of at least 4 members (excludes halogenated alkanes) is 5. The van der Waals surface area contributed by atoms with Crippen LogP contribution in [0.25, 0.3) is 0 Å². The Bertz CT molecular complexity index is 87.3. The number of hydrogen-bond donors (Lipinski definition) is 1. The Morgan fingerprint density at radius 3 is 2.43 bits per heavy atom. The second-order valence-corrected chi connectivity index (χ2v) is 3.52. The topological polar surface area (TPSA) is 30.5 Å². The zero-order valence-electron chi connectivity index (χ0n) is 9.68. The monoisotopic (exact) mass is 203 g/mol. The van der Waals surface area contributed by atoms with Gasteiger partial charge in [-0.15, -0.1) is 0 Å². The highest BCUT2D eigenvalue weighted by Crippen LogP contribution is 2.03. The molecule has 0 radical (unpaired) electrons. The number of nitrogens with one attached hydrogen (secondary N) is 1. The van der Waals surface area contributed by atoms with E-state index in [1.54, 1.807) is 7.11 Å². The zero-order chi connectivity index (χ0) is 10.5. The molecule has 0 aromatic heterocycles. The number of rotatable bonds is 11. The summed E-state index contributed by atoms with van der Waals surface area (Å²) >= 11 is 0. The van der Waals surface area contributed by atoms with Crippen LogP contribution in [0.15, 0.2) is 0 Å². The Morgan fingerprint density at radius 2 is 1.71 bits per heavy atom. The Kier molecular flexibility index (Phi) is 12.8. The van der Waals surface area contributed by atoms with Crippen molar-refractivity contribution in [3.8, 4) is 0 Å². The molecule has 86 valence electrons. The van der Waals surface area contributed by atoms with E-state index in [4.69, 9.17) is 9.47 Å². The third-order valence-electron chi connectivity index (χ3n) is 2.11.